The molecule has 0 unspecified atom stereocenters. The highest BCUT2D eigenvalue weighted by Gasteiger charge is 2.38. The summed E-state index contributed by atoms with van der Waals surface area (Å²) in [4.78, 5) is 10.7. The van der Waals surface area contributed by atoms with Gasteiger partial charge in [0.15, 0.2) is 6.79 Å². The fourth-order valence-corrected chi connectivity index (χ4v) is 2.83. The molecule has 7 heteroatoms. The minimum atomic E-state index is -2.64. The van der Waals surface area contributed by atoms with E-state index in [1.54, 1.807) is 0 Å². The summed E-state index contributed by atoms with van der Waals surface area (Å²) in [5.41, 5.74) is 5.06. The van der Waals surface area contributed by atoms with E-state index in [4.69, 9.17) is 19.0 Å². The Morgan fingerprint density at radius 1 is 1.33 bits per heavy atom. The Morgan fingerprint density at radius 2 is 1.93 bits per heavy atom. The highest BCUT2D eigenvalue weighted by molar-refractivity contribution is 6.60. The van der Waals surface area contributed by atoms with Crippen LogP contribution in [0.1, 0.15) is 13.3 Å². The molecule has 0 aromatic heterocycles. The van der Waals surface area contributed by atoms with E-state index in [-0.39, 0.29) is 13.3 Å². The van der Waals surface area contributed by atoms with Crippen molar-refractivity contribution in [2.45, 2.75) is 19.4 Å². The van der Waals surface area contributed by atoms with E-state index in [0.29, 0.717) is 6.04 Å². The number of hydrogen-bond acceptors (Lipinski definition) is 6. The van der Waals surface area contributed by atoms with Gasteiger partial charge in [-0.25, -0.2) is 0 Å². The molecule has 90 valence electrons. The Hall–Kier alpha value is -0.473. The predicted molar refractivity (Wildman–Crippen MR) is 56.0 cm³/mol. The zero-order valence-electron chi connectivity index (χ0n) is 9.45. The molecule has 6 nitrogen and oxygen atoms in total. The molecule has 0 saturated carbocycles. The number of ether oxygens (including phenoxy) is 1. The zero-order chi connectivity index (χ0) is 11.7. The van der Waals surface area contributed by atoms with Gasteiger partial charge in [0.25, 0.3) is 0 Å². The minimum Gasteiger partial charge on any atom is -0.438 e. The lowest BCUT2D eigenvalue weighted by Gasteiger charge is -2.25. The predicted octanol–water partition coefficient (Wildman–Crippen LogP) is 0.104. The van der Waals surface area contributed by atoms with Gasteiger partial charge in [-0.05, 0) is 0 Å². The lowest BCUT2D eigenvalue weighted by atomic mass is 10.6. The van der Waals surface area contributed by atoms with E-state index >= 15 is 0 Å². The van der Waals surface area contributed by atoms with Gasteiger partial charge >= 0.3 is 14.8 Å². The Morgan fingerprint density at radius 3 is 2.33 bits per heavy atom. The number of esters is 1. The zero-order valence-corrected chi connectivity index (χ0v) is 10.4. The Balaban J connectivity index is 4.00. The molecule has 0 bridgehead atoms. The maximum absolute atomic E-state index is 10.7. The molecule has 0 amide bonds. The van der Waals surface area contributed by atoms with Crippen LogP contribution in [-0.4, -0.2) is 42.3 Å². The molecule has 0 aromatic rings. The second-order valence-corrected chi connectivity index (χ2v) is 5.80. The highest BCUT2D eigenvalue weighted by Crippen LogP contribution is 2.15. The van der Waals surface area contributed by atoms with Crippen LogP contribution in [0.5, 0.6) is 0 Å². The van der Waals surface area contributed by atoms with Crippen LogP contribution in [0.25, 0.3) is 0 Å². The Labute approximate surface area is 91.0 Å². The summed E-state index contributed by atoms with van der Waals surface area (Å²) in [5, 5.41) is 0. The van der Waals surface area contributed by atoms with Crippen molar-refractivity contribution in [2.75, 3.05) is 27.6 Å². The van der Waals surface area contributed by atoms with Crippen LogP contribution >= 0.6 is 0 Å². The van der Waals surface area contributed by atoms with Gasteiger partial charge in [-0.1, -0.05) is 13.3 Å². The lowest BCUT2D eigenvalue weighted by Crippen LogP contribution is -2.44. The monoisotopic (exact) mass is 237 g/mol. The second-order valence-electron chi connectivity index (χ2n) is 2.82. The van der Waals surface area contributed by atoms with Gasteiger partial charge in [0.1, 0.15) is 0 Å². The van der Waals surface area contributed by atoms with Gasteiger partial charge in [-0.15, -0.1) is 0 Å². The first-order chi connectivity index (χ1) is 7.14. The van der Waals surface area contributed by atoms with E-state index in [0.717, 1.165) is 6.42 Å². The topological polar surface area (TPSA) is 80.0 Å². The summed E-state index contributed by atoms with van der Waals surface area (Å²) in [6.45, 7) is 1.66. The van der Waals surface area contributed by atoms with Gasteiger partial charge in [-0.3, -0.25) is 4.79 Å². The van der Waals surface area contributed by atoms with Gasteiger partial charge in [0, 0.05) is 20.3 Å². The molecule has 15 heavy (non-hydrogen) atoms. The number of carbonyl (C=O) groups excluding carboxylic acids is 1. The third-order valence-electron chi connectivity index (χ3n) is 1.84. The van der Waals surface area contributed by atoms with E-state index in [9.17, 15) is 4.79 Å². The van der Waals surface area contributed by atoms with Crippen LogP contribution in [0.15, 0.2) is 0 Å². The third-order valence-corrected chi connectivity index (χ3v) is 4.76. The largest absolute Gasteiger partial charge is 0.502 e. The third kappa shape index (κ3) is 5.24. The molecule has 0 atom stereocenters. The van der Waals surface area contributed by atoms with E-state index in [1.807, 2.05) is 6.92 Å². The Bertz CT molecular complexity index is 186. The summed E-state index contributed by atoms with van der Waals surface area (Å²) >= 11 is 0. The molecular formula is C8H19NO5Si. The van der Waals surface area contributed by atoms with Crippen molar-refractivity contribution in [3.8, 4) is 0 Å². The number of carbonyl (C=O) groups is 1. The van der Waals surface area contributed by atoms with Crippen LogP contribution < -0.4 is 5.73 Å². The van der Waals surface area contributed by atoms with Crippen LogP contribution in [0.2, 0.25) is 6.04 Å². The van der Waals surface area contributed by atoms with Crippen molar-refractivity contribution in [2.24, 2.45) is 5.73 Å². The molecule has 0 aliphatic carbocycles. The molecule has 0 saturated heterocycles. The number of rotatable bonds is 8. The Kier molecular flexibility index (Phi) is 7.53. The standard InChI is InChI=1S/C8H19NO5Si/c1-4-5-15(11-2,12-3)14-7-13-8(10)6-9/h4-7,9H2,1-3H3. The molecule has 0 heterocycles. The molecule has 0 aliphatic rings. The van der Waals surface area contributed by atoms with E-state index < -0.39 is 14.8 Å². The molecule has 0 rings (SSSR count). The van der Waals surface area contributed by atoms with Crippen LogP contribution in [0, 0.1) is 0 Å². The van der Waals surface area contributed by atoms with Gasteiger partial charge in [-0.2, -0.15) is 0 Å². The average Bonchev–Trinajstić information content (AvgIpc) is 2.27. The smallest absolute Gasteiger partial charge is 0.438 e. The fraction of sp³-hybridized carbons (Fsp3) is 0.875. The number of hydrogen-bond donors (Lipinski definition) is 1. The lowest BCUT2D eigenvalue weighted by molar-refractivity contribution is -0.150. The van der Waals surface area contributed by atoms with Crippen molar-refractivity contribution in [1.82, 2.24) is 0 Å². The van der Waals surface area contributed by atoms with Gasteiger partial charge in [0.05, 0.1) is 6.54 Å². The minimum absolute atomic E-state index is 0.161. The maximum Gasteiger partial charge on any atom is 0.502 e. The van der Waals surface area contributed by atoms with Crippen molar-refractivity contribution in [3.05, 3.63) is 0 Å². The van der Waals surface area contributed by atoms with Crippen LogP contribution in [0.3, 0.4) is 0 Å². The molecule has 0 fully saturated rings. The van der Waals surface area contributed by atoms with Gasteiger partial charge < -0.3 is 23.7 Å². The first kappa shape index (κ1) is 14.5. The van der Waals surface area contributed by atoms with E-state index in [2.05, 4.69) is 4.74 Å². The summed E-state index contributed by atoms with van der Waals surface area (Å²) in [6, 6.07) is 0.681. The average molecular weight is 237 g/mol. The SMILES string of the molecule is CCC[Si](OC)(OC)OCOC(=O)CN. The second kappa shape index (κ2) is 7.77. The maximum atomic E-state index is 10.7. The summed E-state index contributed by atoms with van der Waals surface area (Å²) in [6.07, 6.45) is 0.874. The molecule has 0 spiro atoms. The fourth-order valence-electron chi connectivity index (χ4n) is 1.03. The quantitative estimate of drug-likeness (QED) is 0.366. The molecular weight excluding hydrogens is 218 g/mol. The first-order valence-corrected chi connectivity index (χ1v) is 6.67. The normalized spacial score (nSPS) is 11.5. The molecule has 0 aromatic carbocycles. The molecule has 0 radical (unpaired) electrons. The van der Waals surface area contributed by atoms with Crippen molar-refractivity contribution >= 4 is 14.8 Å². The van der Waals surface area contributed by atoms with Crippen LogP contribution in [0.4, 0.5) is 0 Å². The highest BCUT2D eigenvalue weighted by atomic mass is 28.4. The van der Waals surface area contributed by atoms with E-state index in [1.165, 1.54) is 14.2 Å². The van der Waals surface area contributed by atoms with Gasteiger partial charge in [0.2, 0.25) is 0 Å². The first-order valence-electron chi connectivity index (χ1n) is 4.74. The summed E-state index contributed by atoms with van der Waals surface area (Å²) in [5.74, 6) is -0.512. The number of nitrogens with two attached hydrogens (primary N) is 1. The van der Waals surface area contributed by atoms with Crippen molar-refractivity contribution in [3.63, 3.8) is 0 Å². The molecule has 0 aliphatic heterocycles. The van der Waals surface area contributed by atoms with Crippen molar-refractivity contribution in [1.29, 1.82) is 0 Å². The summed E-state index contributed by atoms with van der Waals surface area (Å²) < 4.78 is 20.5. The van der Waals surface area contributed by atoms with Crippen molar-refractivity contribution < 1.29 is 22.8 Å². The molecule has 2 N–H and O–H groups in total. The summed E-state index contributed by atoms with van der Waals surface area (Å²) in [7, 11) is 0.407. The van der Waals surface area contributed by atoms with Crippen LogP contribution in [-0.2, 0) is 22.8 Å².